The maximum absolute atomic E-state index is 12.7. The second-order valence-corrected chi connectivity index (χ2v) is 23.4. The summed E-state index contributed by atoms with van der Waals surface area (Å²) in [6, 6.07) is 9.12. The number of hydrogen-bond acceptors (Lipinski definition) is 22. The van der Waals surface area contributed by atoms with Gasteiger partial charge in [-0.3, -0.25) is 13.9 Å². The average Bonchev–Trinajstić information content (AvgIpc) is 1.75. The maximum Gasteiger partial charge on any atom is 0.305 e. The first-order chi connectivity index (χ1) is 43.0. The lowest BCUT2D eigenvalue weighted by molar-refractivity contribution is -0.442. The lowest BCUT2D eigenvalue weighted by Crippen LogP contribution is -2.33. The fraction of sp³-hybridized carbons (Fsp3) is 0.672. The van der Waals surface area contributed by atoms with Crippen LogP contribution in [0.5, 0.6) is 0 Å². The van der Waals surface area contributed by atoms with Crippen molar-refractivity contribution in [3.63, 3.8) is 0 Å². The van der Waals surface area contributed by atoms with Crippen molar-refractivity contribution >= 4 is 43.3 Å². The normalized spacial score (nSPS) is 17.4. The number of rotatable bonds is 56. The highest BCUT2D eigenvalue weighted by Gasteiger charge is 2.48. The Morgan fingerprint density at radius 3 is 1.29 bits per heavy atom. The molecular weight excluding hydrogens is 1210 g/mol. The molecule has 0 spiro atoms. The van der Waals surface area contributed by atoms with E-state index in [0.29, 0.717) is 181 Å². The van der Waals surface area contributed by atoms with Crippen LogP contribution in [0.4, 0.5) is 11.4 Å². The monoisotopic (exact) mass is 1310 g/mol. The Morgan fingerprint density at radius 1 is 0.472 bits per heavy atom. The summed E-state index contributed by atoms with van der Waals surface area (Å²) in [6.45, 7) is 14.8. The van der Waals surface area contributed by atoms with Crippen molar-refractivity contribution in [2.24, 2.45) is 0 Å². The Bertz CT molecular complexity index is 2670. The average molecular weight is 1310 g/mol. The zero-order valence-electron chi connectivity index (χ0n) is 52.5. The van der Waals surface area contributed by atoms with Gasteiger partial charge in [0.2, 0.25) is 5.69 Å². The van der Waals surface area contributed by atoms with E-state index in [1.54, 1.807) is 33.5 Å². The van der Waals surface area contributed by atoms with Crippen LogP contribution in [0.3, 0.4) is 0 Å². The molecule has 0 aromatic heterocycles. The largest absolute Gasteiger partial charge is 0.481 e. The number of carbonyl (C=O) groups is 1. The minimum absolute atomic E-state index is 0.0770. The number of carboxylic acid groups (broad SMARTS) is 1. The van der Waals surface area contributed by atoms with Gasteiger partial charge in [-0.2, -0.15) is 21.4 Å². The summed E-state index contributed by atoms with van der Waals surface area (Å²) in [5.74, 6) is -0.929. The summed E-state index contributed by atoms with van der Waals surface area (Å²) in [6.07, 6.45) is 10.3. The molecule has 0 amide bonds. The van der Waals surface area contributed by atoms with Gasteiger partial charge in [-0.25, -0.2) is 0 Å². The highest BCUT2D eigenvalue weighted by molar-refractivity contribution is 7.86. The Kier molecular flexibility index (Phi) is 38.5. The molecule has 2 aromatic rings. The summed E-state index contributed by atoms with van der Waals surface area (Å²) in [5.41, 5.74) is 2.66. The summed E-state index contributed by atoms with van der Waals surface area (Å²) >= 11 is 0. The molecule has 28 heteroatoms. The van der Waals surface area contributed by atoms with Crippen LogP contribution in [0.1, 0.15) is 44.2 Å². The second-order valence-electron chi connectivity index (χ2n) is 20.5. The molecule has 506 valence electrons. The summed E-state index contributed by atoms with van der Waals surface area (Å²) in [7, 11) is -4.36. The number of nitrogens with zero attached hydrogens (tertiary/aromatic N) is 2. The minimum Gasteiger partial charge on any atom is -0.481 e. The topological polar surface area (TPSA) is 300 Å². The lowest BCUT2D eigenvalue weighted by atomic mass is 9.76. The summed E-state index contributed by atoms with van der Waals surface area (Å²) in [5, 5.41) is 8.76. The number of hydrogen-bond donors (Lipinski definition) is 3. The lowest BCUT2D eigenvalue weighted by Gasteiger charge is -2.30. The van der Waals surface area contributed by atoms with Crippen molar-refractivity contribution in [1.29, 1.82) is 0 Å². The van der Waals surface area contributed by atoms with Gasteiger partial charge in [0.15, 0.2) is 12.3 Å². The number of carboxylic acids is 1. The van der Waals surface area contributed by atoms with Gasteiger partial charge in [0.25, 0.3) is 20.2 Å². The van der Waals surface area contributed by atoms with Gasteiger partial charge >= 0.3 is 5.97 Å². The Morgan fingerprint density at radius 2 is 0.854 bits per heavy atom. The molecule has 0 radical (unpaired) electrons. The van der Waals surface area contributed by atoms with E-state index >= 15 is 0 Å². The van der Waals surface area contributed by atoms with Gasteiger partial charge in [-0.1, -0.05) is 18.2 Å². The fourth-order valence-corrected chi connectivity index (χ4v) is 10.6. The van der Waals surface area contributed by atoms with E-state index in [-0.39, 0.29) is 69.1 Å². The predicted molar refractivity (Wildman–Crippen MR) is 328 cm³/mol. The second kappa shape index (κ2) is 44.3. The molecule has 3 N–H and O–H groups in total. The molecule has 0 fully saturated rings. The zero-order chi connectivity index (χ0) is 64.5. The van der Waals surface area contributed by atoms with Crippen molar-refractivity contribution in [3.8, 4) is 0 Å². The minimum atomic E-state index is -4.60. The first-order valence-electron chi connectivity index (χ1n) is 29.9. The number of benzene rings is 2. The highest BCUT2D eigenvalue weighted by Crippen LogP contribution is 2.51. The fourth-order valence-electron chi connectivity index (χ4n) is 9.59. The van der Waals surface area contributed by atoms with Crippen molar-refractivity contribution in [2.75, 3.05) is 231 Å². The molecule has 2 unspecified atom stereocenters. The molecule has 0 aliphatic carbocycles. The molecule has 2 aliphatic heterocycles. The van der Waals surface area contributed by atoms with Crippen molar-refractivity contribution < 1.29 is 116 Å². The van der Waals surface area contributed by atoms with E-state index in [1.807, 2.05) is 44.2 Å². The van der Waals surface area contributed by atoms with Gasteiger partial charge in [0.05, 0.1) is 193 Å². The molecule has 26 nitrogen and oxygen atoms in total. The van der Waals surface area contributed by atoms with Crippen molar-refractivity contribution in [2.45, 2.75) is 53.7 Å². The number of ether oxygens (including phenoxy) is 16. The van der Waals surface area contributed by atoms with Gasteiger partial charge < -0.3 is 85.8 Å². The molecule has 0 saturated carbocycles. The Balaban J connectivity index is 1.63. The van der Waals surface area contributed by atoms with E-state index in [9.17, 15) is 30.7 Å². The van der Waals surface area contributed by atoms with Crippen LogP contribution in [-0.4, -0.2) is 273 Å². The smallest absolute Gasteiger partial charge is 0.305 e. The number of aliphatic carboxylic acids is 1. The maximum atomic E-state index is 12.7. The van der Waals surface area contributed by atoms with Crippen LogP contribution in [-0.2, 0) is 112 Å². The molecular formula is C61H97N2O24S2+. The van der Waals surface area contributed by atoms with Crippen LogP contribution in [0.2, 0.25) is 0 Å². The standard InChI is InChI=1S/C61H96N2O24S2/c1-60(16-21-76-32-37-84-44-41-80-28-25-72-3)53-49-51(88(66,67)68)11-13-55(53)62(18-23-78-34-39-86-46-43-82-30-27-74-5)57(60)9-7-6-8-10-58-61(2,17-22-77-33-38-85-45-42-81-29-26-73-4)54-50-52(89(69,70)71)12-14-56(54)63(58)19-24-79-35-40-87-48-47-83-36-31-75-20-15-59(64)65/h6-14,49-50H,15-48H2,1-5H3,(H2-,64,65,66,67,68,69,70,71)/p+1. The molecule has 2 aliphatic rings. The third kappa shape index (κ3) is 28.7. The molecule has 4 rings (SSSR count). The highest BCUT2D eigenvalue weighted by atomic mass is 32.2. The van der Waals surface area contributed by atoms with Crippen molar-refractivity contribution in [3.05, 3.63) is 83.6 Å². The van der Waals surface area contributed by atoms with E-state index in [1.165, 1.54) is 24.3 Å². The van der Waals surface area contributed by atoms with Crippen LogP contribution >= 0.6 is 0 Å². The van der Waals surface area contributed by atoms with Crippen LogP contribution < -0.4 is 4.90 Å². The third-order valence-electron chi connectivity index (χ3n) is 14.3. The molecule has 2 aromatic carbocycles. The summed E-state index contributed by atoms with van der Waals surface area (Å²) < 4.78 is 163. The Labute approximate surface area is 525 Å². The van der Waals surface area contributed by atoms with Crippen LogP contribution in [0.15, 0.2) is 82.3 Å². The first kappa shape index (κ1) is 77.2. The third-order valence-corrected chi connectivity index (χ3v) is 16.0. The predicted octanol–water partition coefficient (Wildman–Crippen LogP) is 4.72. The van der Waals surface area contributed by atoms with Gasteiger partial charge in [0.1, 0.15) is 6.61 Å². The summed E-state index contributed by atoms with van der Waals surface area (Å²) in [4.78, 5) is 12.2. The molecule has 0 saturated heterocycles. The van der Waals surface area contributed by atoms with Gasteiger partial charge in [-0.15, -0.1) is 0 Å². The van der Waals surface area contributed by atoms with E-state index in [0.717, 1.165) is 17.1 Å². The van der Waals surface area contributed by atoms with E-state index in [2.05, 4.69) is 9.48 Å². The van der Waals surface area contributed by atoms with Crippen LogP contribution in [0.25, 0.3) is 0 Å². The molecule has 89 heavy (non-hydrogen) atoms. The molecule has 2 heterocycles. The van der Waals surface area contributed by atoms with E-state index < -0.39 is 37.0 Å². The number of anilines is 1. The molecule has 2 atom stereocenters. The number of fused-ring (bicyclic) bond motifs is 2. The number of allylic oxidation sites excluding steroid dienone is 6. The number of methoxy groups -OCH3 is 3. The SMILES string of the molecule is COCCOCCOCCOCC[N+]1=C(/C=C/C=C/C=C2/N(CCOCCOCCOCCOCCC(=O)O)c3ccc(S(=O)(=O)O)cc3C2(C)CCOCCOCCOCCOC)C(C)(CCOCCOCCOCCOC)c2cc(S(=O)(=O)O)ccc21. The quantitative estimate of drug-likeness (QED) is 0.0349. The van der Waals surface area contributed by atoms with Gasteiger partial charge in [-0.05, 0) is 68.7 Å². The van der Waals surface area contributed by atoms with Gasteiger partial charge in [0, 0.05) is 75.6 Å². The van der Waals surface area contributed by atoms with Crippen LogP contribution in [0, 0.1) is 0 Å². The van der Waals surface area contributed by atoms with E-state index in [4.69, 9.17) is 80.9 Å². The first-order valence-corrected chi connectivity index (χ1v) is 32.8. The zero-order valence-corrected chi connectivity index (χ0v) is 54.2. The molecule has 0 bridgehead atoms. The Hall–Kier alpha value is -4.22. The van der Waals surface area contributed by atoms with Crippen molar-refractivity contribution in [1.82, 2.24) is 0 Å².